The Morgan fingerprint density at radius 3 is 3.21 bits per heavy atom. The van der Waals surface area contributed by atoms with E-state index in [1.807, 2.05) is 12.1 Å². The van der Waals surface area contributed by atoms with Gasteiger partial charge in [0.2, 0.25) is 5.88 Å². The molecular weight excluding hydrogens is 178 g/mol. The second-order valence-corrected chi connectivity index (χ2v) is 4.09. The Morgan fingerprint density at radius 2 is 2.57 bits per heavy atom. The summed E-state index contributed by atoms with van der Waals surface area (Å²) in [5, 5.41) is 11.0. The van der Waals surface area contributed by atoms with Gasteiger partial charge in [0, 0.05) is 24.2 Å². The van der Waals surface area contributed by atoms with Crippen molar-refractivity contribution < 1.29 is 4.74 Å². The van der Waals surface area contributed by atoms with E-state index in [-0.39, 0.29) is 5.41 Å². The van der Waals surface area contributed by atoms with Crippen LogP contribution in [0.2, 0.25) is 0 Å². The highest BCUT2D eigenvalue weighted by Gasteiger charge is 2.29. The van der Waals surface area contributed by atoms with Crippen LogP contribution in [0.25, 0.3) is 0 Å². The Morgan fingerprint density at radius 1 is 1.64 bits per heavy atom. The van der Waals surface area contributed by atoms with Gasteiger partial charge in [0.25, 0.3) is 0 Å². The highest BCUT2D eigenvalue weighted by molar-refractivity contribution is 5.05. The molecule has 0 aliphatic carbocycles. The van der Waals surface area contributed by atoms with Gasteiger partial charge in [-0.25, -0.2) is 0 Å². The van der Waals surface area contributed by atoms with E-state index >= 15 is 0 Å². The van der Waals surface area contributed by atoms with Crippen molar-refractivity contribution >= 4 is 0 Å². The maximum atomic E-state index is 5.58. The van der Waals surface area contributed by atoms with Gasteiger partial charge in [0.05, 0.1) is 6.61 Å². The Balaban J connectivity index is 1.88. The van der Waals surface area contributed by atoms with Gasteiger partial charge in [-0.2, -0.15) is 5.10 Å². The first-order valence-corrected chi connectivity index (χ1v) is 4.90. The zero-order valence-electron chi connectivity index (χ0n) is 8.36. The molecule has 0 bridgehead atoms. The molecule has 1 aliphatic heterocycles. The Bertz CT molecular complexity index is 283. The molecule has 0 aromatic carbocycles. The molecule has 4 heteroatoms. The number of nitrogens with zero attached hydrogens (tertiary/aromatic N) is 2. The summed E-state index contributed by atoms with van der Waals surface area (Å²) in [5.41, 5.74) is 0.248. The number of hydrogen-bond donors (Lipinski definition) is 1. The number of ether oxygens (including phenoxy) is 1. The molecule has 0 amide bonds. The number of hydrogen-bond acceptors (Lipinski definition) is 4. The maximum Gasteiger partial charge on any atom is 0.233 e. The number of rotatable bonds is 3. The second kappa shape index (κ2) is 3.92. The van der Waals surface area contributed by atoms with E-state index in [1.165, 1.54) is 0 Å². The lowest BCUT2D eigenvalue weighted by Gasteiger charge is -2.21. The van der Waals surface area contributed by atoms with Crippen molar-refractivity contribution in [2.75, 3.05) is 19.7 Å². The van der Waals surface area contributed by atoms with E-state index in [0.29, 0.717) is 12.5 Å². The Kier molecular flexibility index (Phi) is 2.63. The summed E-state index contributed by atoms with van der Waals surface area (Å²) in [6.45, 7) is 5.04. The first-order valence-electron chi connectivity index (χ1n) is 4.90. The van der Waals surface area contributed by atoms with E-state index < -0.39 is 0 Å². The summed E-state index contributed by atoms with van der Waals surface area (Å²) >= 11 is 0. The lowest BCUT2D eigenvalue weighted by atomic mass is 9.91. The van der Waals surface area contributed by atoms with Crippen LogP contribution in [0.15, 0.2) is 18.3 Å². The standard InChI is InChI=1S/C10H15N3O/c1-10(4-6-11-7-10)8-14-9-3-2-5-12-13-9/h2-3,5,11H,4,6-8H2,1H3. The lowest BCUT2D eigenvalue weighted by molar-refractivity contribution is 0.173. The molecule has 2 heterocycles. The molecule has 1 fully saturated rings. The lowest BCUT2D eigenvalue weighted by Crippen LogP contribution is -2.27. The third-order valence-corrected chi connectivity index (χ3v) is 2.57. The van der Waals surface area contributed by atoms with Gasteiger partial charge in [-0.3, -0.25) is 0 Å². The van der Waals surface area contributed by atoms with Gasteiger partial charge >= 0.3 is 0 Å². The molecule has 0 saturated carbocycles. The molecule has 1 aromatic heterocycles. The molecule has 1 saturated heterocycles. The van der Waals surface area contributed by atoms with E-state index in [2.05, 4.69) is 22.4 Å². The monoisotopic (exact) mass is 193 g/mol. The van der Waals surface area contributed by atoms with E-state index in [9.17, 15) is 0 Å². The van der Waals surface area contributed by atoms with Gasteiger partial charge in [-0.15, -0.1) is 5.10 Å². The third-order valence-electron chi connectivity index (χ3n) is 2.57. The fourth-order valence-electron chi connectivity index (χ4n) is 1.60. The van der Waals surface area contributed by atoms with Crippen molar-refractivity contribution in [2.24, 2.45) is 5.41 Å². The van der Waals surface area contributed by atoms with Crippen LogP contribution in [0.5, 0.6) is 5.88 Å². The van der Waals surface area contributed by atoms with Crippen molar-refractivity contribution in [3.05, 3.63) is 18.3 Å². The first-order chi connectivity index (χ1) is 6.79. The predicted molar refractivity (Wildman–Crippen MR) is 53.1 cm³/mol. The zero-order valence-corrected chi connectivity index (χ0v) is 8.36. The minimum Gasteiger partial charge on any atom is -0.476 e. The minimum absolute atomic E-state index is 0.248. The van der Waals surface area contributed by atoms with Crippen LogP contribution in [0, 0.1) is 5.41 Å². The van der Waals surface area contributed by atoms with Crippen LogP contribution in [0.4, 0.5) is 0 Å². The van der Waals surface area contributed by atoms with Crippen molar-refractivity contribution in [1.29, 1.82) is 0 Å². The summed E-state index contributed by atoms with van der Waals surface area (Å²) in [4.78, 5) is 0. The van der Waals surface area contributed by atoms with Crippen LogP contribution in [0.3, 0.4) is 0 Å². The molecule has 14 heavy (non-hydrogen) atoms. The minimum atomic E-state index is 0.248. The van der Waals surface area contributed by atoms with Gasteiger partial charge in [0.1, 0.15) is 0 Å². The highest BCUT2D eigenvalue weighted by atomic mass is 16.5. The van der Waals surface area contributed by atoms with Gasteiger partial charge < -0.3 is 10.1 Å². The molecule has 1 aromatic rings. The third kappa shape index (κ3) is 2.20. The molecule has 2 rings (SSSR count). The molecular formula is C10H15N3O. The molecule has 1 unspecified atom stereocenters. The number of nitrogens with one attached hydrogen (secondary N) is 1. The summed E-state index contributed by atoms with van der Waals surface area (Å²) in [7, 11) is 0. The van der Waals surface area contributed by atoms with Crippen molar-refractivity contribution in [3.63, 3.8) is 0 Å². The molecule has 76 valence electrons. The highest BCUT2D eigenvalue weighted by Crippen LogP contribution is 2.24. The van der Waals surface area contributed by atoms with Gasteiger partial charge in [-0.1, -0.05) is 6.92 Å². The smallest absolute Gasteiger partial charge is 0.233 e. The summed E-state index contributed by atoms with van der Waals surface area (Å²) < 4.78 is 5.58. The average Bonchev–Trinajstić information content (AvgIpc) is 2.65. The molecule has 1 aliphatic rings. The fraction of sp³-hybridized carbons (Fsp3) is 0.600. The topological polar surface area (TPSA) is 47.0 Å². The summed E-state index contributed by atoms with van der Waals surface area (Å²) in [5.74, 6) is 0.612. The summed E-state index contributed by atoms with van der Waals surface area (Å²) in [6.07, 6.45) is 2.80. The molecule has 0 radical (unpaired) electrons. The molecule has 1 atom stereocenters. The zero-order chi connectivity index (χ0) is 9.86. The SMILES string of the molecule is CC1(COc2cccnn2)CCNC1. The van der Waals surface area contributed by atoms with E-state index in [4.69, 9.17) is 4.74 Å². The van der Waals surface area contributed by atoms with Gasteiger partial charge in [0.15, 0.2) is 0 Å². The normalized spacial score (nSPS) is 26.4. The van der Waals surface area contributed by atoms with Crippen molar-refractivity contribution in [1.82, 2.24) is 15.5 Å². The van der Waals surface area contributed by atoms with Crippen LogP contribution in [-0.4, -0.2) is 29.9 Å². The van der Waals surface area contributed by atoms with Crippen molar-refractivity contribution in [2.45, 2.75) is 13.3 Å². The van der Waals surface area contributed by atoms with Crippen LogP contribution >= 0.6 is 0 Å². The molecule has 0 spiro atoms. The quantitative estimate of drug-likeness (QED) is 0.773. The van der Waals surface area contributed by atoms with E-state index in [0.717, 1.165) is 19.5 Å². The fourth-order valence-corrected chi connectivity index (χ4v) is 1.60. The molecule has 4 nitrogen and oxygen atoms in total. The van der Waals surface area contributed by atoms with E-state index in [1.54, 1.807) is 6.20 Å². The molecule has 1 N–H and O–H groups in total. The maximum absolute atomic E-state index is 5.58. The van der Waals surface area contributed by atoms with Crippen LogP contribution < -0.4 is 10.1 Å². The van der Waals surface area contributed by atoms with Crippen LogP contribution in [0.1, 0.15) is 13.3 Å². The largest absolute Gasteiger partial charge is 0.476 e. The predicted octanol–water partition coefficient (Wildman–Crippen LogP) is 0.855. The average molecular weight is 193 g/mol. The Hall–Kier alpha value is -1.16. The second-order valence-electron chi connectivity index (χ2n) is 4.09. The van der Waals surface area contributed by atoms with Gasteiger partial charge in [-0.05, 0) is 19.0 Å². The first kappa shape index (κ1) is 9.40. The van der Waals surface area contributed by atoms with Crippen molar-refractivity contribution in [3.8, 4) is 5.88 Å². The summed E-state index contributed by atoms with van der Waals surface area (Å²) in [6, 6.07) is 3.66. The Labute approximate surface area is 83.7 Å². The van der Waals surface area contributed by atoms with Crippen LogP contribution in [-0.2, 0) is 0 Å². The number of aromatic nitrogens is 2.